The summed E-state index contributed by atoms with van der Waals surface area (Å²) in [4.78, 5) is 10.9. The molecule has 3 rings (SSSR count). The van der Waals surface area contributed by atoms with E-state index in [1.165, 1.54) is 21.3 Å². The van der Waals surface area contributed by atoms with Gasteiger partial charge in [-0.25, -0.2) is 4.98 Å². The van der Waals surface area contributed by atoms with Gasteiger partial charge in [-0.05, 0) is 38.5 Å². The maximum atomic E-state index is 5.50. The van der Waals surface area contributed by atoms with E-state index in [1.54, 1.807) is 0 Å². The fraction of sp³-hybridized carbons (Fsp3) is 0.500. The van der Waals surface area contributed by atoms with E-state index in [1.807, 2.05) is 18.3 Å². The largest absolute Gasteiger partial charge is 0.494 e. The summed E-state index contributed by atoms with van der Waals surface area (Å²) in [6.45, 7) is 12.3. The second kappa shape index (κ2) is 7.32. The topological polar surface area (TPSA) is 28.6 Å². The number of hydrogen-bond donors (Lipinski definition) is 0. The van der Waals surface area contributed by atoms with Crippen molar-refractivity contribution in [1.29, 1.82) is 0 Å². The standard InChI is InChI=1S/C18H25N3OS/c1-4-22-17-7-5-16(6-8-17)13-20-9-11-21(12-10-20)18-19-14(2)15(3)23-18/h5-8H,4,9-13H2,1-3H3. The van der Waals surface area contributed by atoms with Gasteiger partial charge in [-0.2, -0.15) is 0 Å². The van der Waals surface area contributed by atoms with Crippen molar-refractivity contribution in [1.82, 2.24) is 9.88 Å². The summed E-state index contributed by atoms with van der Waals surface area (Å²) in [5.41, 5.74) is 2.52. The first-order chi connectivity index (χ1) is 11.2. The number of piperazine rings is 1. The third kappa shape index (κ3) is 4.03. The first-order valence-corrected chi connectivity index (χ1v) is 9.10. The smallest absolute Gasteiger partial charge is 0.185 e. The molecule has 2 aromatic rings. The van der Waals surface area contributed by atoms with E-state index in [0.29, 0.717) is 0 Å². The minimum Gasteiger partial charge on any atom is -0.494 e. The summed E-state index contributed by atoms with van der Waals surface area (Å²) >= 11 is 1.81. The average molecular weight is 331 g/mol. The van der Waals surface area contributed by atoms with Gasteiger partial charge in [0.15, 0.2) is 5.13 Å². The SMILES string of the molecule is CCOc1ccc(CN2CCN(c3nc(C)c(C)s3)CC2)cc1. The number of hydrogen-bond acceptors (Lipinski definition) is 5. The van der Waals surface area contributed by atoms with Gasteiger partial charge in [0.2, 0.25) is 0 Å². The Morgan fingerprint density at radius 2 is 1.78 bits per heavy atom. The van der Waals surface area contributed by atoms with E-state index in [4.69, 9.17) is 4.74 Å². The van der Waals surface area contributed by atoms with Crippen molar-refractivity contribution in [3.8, 4) is 5.75 Å². The molecule has 4 nitrogen and oxygen atoms in total. The molecule has 1 aliphatic rings. The summed E-state index contributed by atoms with van der Waals surface area (Å²) in [6, 6.07) is 8.47. The molecule has 0 N–H and O–H groups in total. The maximum absolute atomic E-state index is 5.50. The molecule has 2 heterocycles. The van der Waals surface area contributed by atoms with Crippen LogP contribution in [0.3, 0.4) is 0 Å². The van der Waals surface area contributed by atoms with E-state index < -0.39 is 0 Å². The molecular weight excluding hydrogens is 306 g/mol. The Labute approximate surface area is 142 Å². The normalized spacial score (nSPS) is 15.9. The van der Waals surface area contributed by atoms with Crippen molar-refractivity contribution in [3.63, 3.8) is 0 Å². The quantitative estimate of drug-likeness (QED) is 0.839. The second-order valence-corrected chi connectivity index (χ2v) is 7.16. The highest BCUT2D eigenvalue weighted by atomic mass is 32.1. The molecule has 0 saturated carbocycles. The Morgan fingerprint density at radius 1 is 1.09 bits per heavy atom. The molecule has 0 atom stereocenters. The van der Waals surface area contributed by atoms with Crippen molar-refractivity contribution in [2.45, 2.75) is 27.3 Å². The van der Waals surface area contributed by atoms with Gasteiger partial charge in [0.25, 0.3) is 0 Å². The summed E-state index contributed by atoms with van der Waals surface area (Å²) in [5, 5.41) is 1.18. The lowest BCUT2D eigenvalue weighted by Crippen LogP contribution is -2.45. The monoisotopic (exact) mass is 331 g/mol. The summed E-state index contributed by atoms with van der Waals surface area (Å²) in [7, 11) is 0. The van der Waals surface area contributed by atoms with Crippen molar-refractivity contribution >= 4 is 16.5 Å². The number of nitrogens with zero attached hydrogens (tertiary/aromatic N) is 3. The molecule has 1 aliphatic heterocycles. The number of thiazole rings is 1. The minimum atomic E-state index is 0.719. The molecule has 1 aromatic heterocycles. The van der Waals surface area contributed by atoms with Crippen LogP contribution < -0.4 is 9.64 Å². The minimum absolute atomic E-state index is 0.719. The van der Waals surface area contributed by atoms with Gasteiger partial charge in [0.05, 0.1) is 12.3 Å². The molecule has 1 saturated heterocycles. The number of ether oxygens (including phenoxy) is 1. The average Bonchev–Trinajstić information content (AvgIpc) is 2.90. The van der Waals surface area contributed by atoms with Crippen LogP contribution >= 0.6 is 11.3 Å². The number of aryl methyl sites for hydroxylation is 2. The molecule has 5 heteroatoms. The zero-order chi connectivity index (χ0) is 16.2. The van der Waals surface area contributed by atoms with Gasteiger partial charge in [-0.3, -0.25) is 4.90 Å². The zero-order valence-electron chi connectivity index (χ0n) is 14.2. The Bertz CT molecular complexity index is 611. The molecule has 0 amide bonds. The van der Waals surface area contributed by atoms with E-state index in [0.717, 1.165) is 45.1 Å². The highest BCUT2D eigenvalue weighted by molar-refractivity contribution is 7.15. The van der Waals surface area contributed by atoms with Crippen LogP contribution in [0.1, 0.15) is 23.1 Å². The van der Waals surface area contributed by atoms with E-state index in [-0.39, 0.29) is 0 Å². The van der Waals surface area contributed by atoms with Crippen molar-refractivity contribution < 1.29 is 4.74 Å². The van der Waals surface area contributed by atoms with Gasteiger partial charge in [-0.1, -0.05) is 12.1 Å². The van der Waals surface area contributed by atoms with E-state index in [2.05, 4.69) is 52.9 Å². The van der Waals surface area contributed by atoms with Crippen LogP contribution in [0.2, 0.25) is 0 Å². The summed E-state index contributed by atoms with van der Waals surface area (Å²) < 4.78 is 5.50. The molecule has 0 spiro atoms. The van der Waals surface area contributed by atoms with Crippen LogP contribution in [0.4, 0.5) is 5.13 Å². The molecule has 124 valence electrons. The predicted molar refractivity (Wildman–Crippen MR) is 96.7 cm³/mol. The van der Waals surface area contributed by atoms with Crippen molar-refractivity contribution in [2.75, 3.05) is 37.7 Å². The fourth-order valence-corrected chi connectivity index (χ4v) is 3.77. The molecule has 0 radical (unpaired) electrons. The van der Waals surface area contributed by atoms with Gasteiger partial charge in [-0.15, -0.1) is 11.3 Å². The summed E-state index contributed by atoms with van der Waals surface area (Å²) in [6.07, 6.45) is 0. The van der Waals surface area contributed by atoms with Crippen LogP contribution in [-0.2, 0) is 6.54 Å². The molecule has 0 aliphatic carbocycles. The number of benzene rings is 1. The number of aromatic nitrogens is 1. The van der Waals surface area contributed by atoms with Crippen LogP contribution in [0, 0.1) is 13.8 Å². The lowest BCUT2D eigenvalue weighted by Gasteiger charge is -2.34. The Kier molecular flexibility index (Phi) is 5.18. The van der Waals surface area contributed by atoms with Crippen LogP contribution in [-0.4, -0.2) is 42.7 Å². The molecular formula is C18H25N3OS. The molecule has 0 bridgehead atoms. The predicted octanol–water partition coefficient (Wildman–Crippen LogP) is 3.48. The Morgan fingerprint density at radius 3 is 2.35 bits per heavy atom. The van der Waals surface area contributed by atoms with Crippen molar-refractivity contribution in [3.05, 3.63) is 40.4 Å². The highest BCUT2D eigenvalue weighted by Crippen LogP contribution is 2.26. The van der Waals surface area contributed by atoms with Gasteiger partial charge < -0.3 is 9.64 Å². The van der Waals surface area contributed by atoms with Crippen LogP contribution in [0.5, 0.6) is 5.75 Å². The third-order valence-electron chi connectivity index (χ3n) is 4.30. The fourth-order valence-electron chi connectivity index (χ4n) is 2.80. The lowest BCUT2D eigenvalue weighted by molar-refractivity contribution is 0.249. The lowest BCUT2D eigenvalue weighted by atomic mass is 10.2. The van der Waals surface area contributed by atoms with E-state index in [9.17, 15) is 0 Å². The molecule has 0 unspecified atom stereocenters. The van der Waals surface area contributed by atoms with Gasteiger partial charge >= 0.3 is 0 Å². The first kappa shape index (κ1) is 16.3. The Balaban J connectivity index is 1.52. The number of rotatable bonds is 5. The molecule has 1 aromatic carbocycles. The third-order valence-corrected chi connectivity index (χ3v) is 5.43. The number of anilines is 1. The maximum Gasteiger partial charge on any atom is 0.185 e. The highest BCUT2D eigenvalue weighted by Gasteiger charge is 2.20. The van der Waals surface area contributed by atoms with Gasteiger partial charge in [0, 0.05) is 37.6 Å². The van der Waals surface area contributed by atoms with Gasteiger partial charge in [0.1, 0.15) is 5.75 Å². The Hall–Kier alpha value is -1.59. The van der Waals surface area contributed by atoms with E-state index >= 15 is 0 Å². The first-order valence-electron chi connectivity index (χ1n) is 8.29. The van der Waals surface area contributed by atoms with Crippen molar-refractivity contribution in [2.24, 2.45) is 0 Å². The van der Waals surface area contributed by atoms with Crippen LogP contribution in [0.25, 0.3) is 0 Å². The zero-order valence-corrected chi connectivity index (χ0v) is 15.0. The second-order valence-electron chi connectivity index (χ2n) is 5.98. The molecule has 23 heavy (non-hydrogen) atoms. The van der Waals surface area contributed by atoms with Crippen LogP contribution in [0.15, 0.2) is 24.3 Å². The molecule has 1 fully saturated rings. The summed E-state index contributed by atoms with van der Waals surface area (Å²) in [5.74, 6) is 0.954.